The van der Waals surface area contributed by atoms with Crippen LogP contribution >= 0.6 is 0 Å². The molecule has 3 nitrogen and oxygen atoms in total. The van der Waals surface area contributed by atoms with Gasteiger partial charge in [-0.2, -0.15) is 0 Å². The topological polar surface area (TPSA) is 35.5 Å². The highest BCUT2D eigenvalue weighted by molar-refractivity contribution is 5.07. The summed E-state index contributed by atoms with van der Waals surface area (Å²) in [6.45, 7) is 4.54. The Labute approximate surface area is 105 Å². The maximum Gasteiger partial charge on any atom is 0.0651 e. The largest absolute Gasteiger partial charge is 0.392 e. The molecule has 3 rings (SSSR count). The van der Waals surface area contributed by atoms with Crippen LogP contribution in [0.15, 0.2) is 0 Å². The molecular formula is C14H26N2O. The average Bonchev–Trinajstić information content (AvgIpc) is 3.08. The molecule has 3 fully saturated rings. The van der Waals surface area contributed by atoms with E-state index in [4.69, 9.17) is 0 Å². The zero-order chi connectivity index (χ0) is 11.9. The fourth-order valence-corrected chi connectivity index (χ4v) is 4.11. The molecule has 3 heteroatoms. The molecule has 3 unspecified atom stereocenters. The van der Waals surface area contributed by atoms with E-state index >= 15 is 0 Å². The van der Waals surface area contributed by atoms with Gasteiger partial charge >= 0.3 is 0 Å². The minimum absolute atomic E-state index is 0.0261. The van der Waals surface area contributed by atoms with Crippen molar-refractivity contribution in [2.24, 2.45) is 17.3 Å². The molecule has 98 valence electrons. The van der Waals surface area contributed by atoms with Crippen LogP contribution < -0.4 is 5.32 Å². The number of rotatable bonds is 1. The van der Waals surface area contributed by atoms with E-state index in [2.05, 4.69) is 17.3 Å². The van der Waals surface area contributed by atoms with Crippen LogP contribution in [0.25, 0.3) is 0 Å². The molecule has 0 aromatic rings. The molecule has 1 saturated carbocycles. The molecule has 17 heavy (non-hydrogen) atoms. The monoisotopic (exact) mass is 238 g/mol. The number of hydrogen-bond donors (Lipinski definition) is 2. The molecule has 1 spiro atoms. The van der Waals surface area contributed by atoms with E-state index in [1.165, 1.54) is 38.6 Å². The summed E-state index contributed by atoms with van der Waals surface area (Å²) in [4.78, 5) is 2.46. The molecule has 3 atom stereocenters. The molecule has 2 aliphatic heterocycles. The van der Waals surface area contributed by atoms with Crippen LogP contribution in [0, 0.1) is 17.3 Å². The molecule has 2 saturated heterocycles. The van der Waals surface area contributed by atoms with Crippen LogP contribution in [0.4, 0.5) is 0 Å². The van der Waals surface area contributed by atoms with Gasteiger partial charge in [0.05, 0.1) is 6.10 Å². The number of hydrogen-bond acceptors (Lipinski definition) is 3. The quantitative estimate of drug-likeness (QED) is 0.717. The summed E-state index contributed by atoms with van der Waals surface area (Å²) in [6, 6.07) is 0. The van der Waals surface area contributed by atoms with Crippen LogP contribution in [0.3, 0.4) is 0 Å². The van der Waals surface area contributed by atoms with Gasteiger partial charge in [0.2, 0.25) is 0 Å². The summed E-state index contributed by atoms with van der Waals surface area (Å²) in [5.74, 6) is 1.26. The van der Waals surface area contributed by atoms with Crippen molar-refractivity contribution in [3.63, 3.8) is 0 Å². The van der Waals surface area contributed by atoms with E-state index in [1.807, 2.05) is 0 Å². The van der Waals surface area contributed by atoms with E-state index in [0.29, 0.717) is 5.92 Å². The standard InChI is InChI=1S/C14H26N2O/c1-16-9-12(11-3-2-7-15-8-4-11)13(17)14(10-16)5-6-14/h11-13,15,17H,2-10H2,1H3. The van der Waals surface area contributed by atoms with Gasteiger partial charge in [0.1, 0.15) is 0 Å². The van der Waals surface area contributed by atoms with Crippen molar-refractivity contribution in [3.8, 4) is 0 Å². The summed E-state index contributed by atoms with van der Waals surface area (Å²) in [6.07, 6.45) is 6.32. The third-order valence-electron chi connectivity index (χ3n) is 5.26. The molecule has 3 aliphatic rings. The predicted molar refractivity (Wildman–Crippen MR) is 68.9 cm³/mol. The van der Waals surface area contributed by atoms with Gasteiger partial charge < -0.3 is 15.3 Å². The second-order valence-corrected chi connectivity index (χ2v) is 6.61. The van der Waals surface area contributed by atoms with Gasteiger partial charge in [-0.05, 0) is 58.2 Å². The third-order valence-corrected chi connectivity index (χ3v) is 5.26. The summed E-state index contributed by atoms with van der Waals surface area (Å²) in [5, 5.41) is 14.2. The normalized spacial score (nSPS) is 42.4. The van der Waals surface area contributed by atoms with Crippen LogP contribution in [0.2, 0.25) is 0 Å². The Balaban J connectivity index is 1.71. The lowest BCUT2D eigenvalue weighted by Crippen LogP contribution is -2.51. The van der Waals surface area contributed by atoms with Gasteiger partial charge in [-0.3, -0.25) is 0 Å². The lowest BCUT2D eigenvalue weighted by molar-refractivity contribution is -0.0520. The Hall–Kier alpha value is -0.120. The molecule has 1 aliphatic carbocycles. The van der Waals surface area contributed by atoms with E-state index in [1.54, 1.807) is 0 Å². The Kier molecular flexibility index (Phi) is 3.18. The molecular weight excluding hydrogens is 212 g/mol. The summed E-state index contributed by atoms with van der Waals surface area (Å²) < 4.78 is 0. The number of likely N-dealkylation sites (tertiary alicyclic amines) is 1. The second kappa shape index (κ2) is 4.52. The molecule has 2 N–H and O–H groups in total. The van der Waals surface area contributed by atoms with Crippen LogP contribution in [0.1, 0.15) is 32.1 Å². The van der Waals surface area contributed by atoms with Crippen molar-refractivity contribution in [2.75, 3.05) is 33.2 Å². The number of nitrogens with one attached hydrogen (secondary N) is 1. The first-order chi connectivity index (χ1) is 8.21. The molecule has 0 aromatic carbocycles. The number of nitrogens with zero attached hydrogens (tertiary/aromatic N) is 1. The van der Waals surface area contributed by atoms with E-state index in [9.17, 15) is 5.11 Å². The lowest BCUT2D eigenvalue weighted by atomic mass is 9.74. The molecule has 0 radical (unpaired) electrons. The van der Waals surface area contributed by atoms with Gasteiger partial charge in [0.15, 0.2) is 0 Å². The molecule has 2 heterocycles. The Bertz CT molecular complexity index is 269. The highest BCUT2D eigenvalue weighted by atomic mass is 16.3. The van der Waals surface area contributed by atoms with Crippen molar-refractivity contribution in [2.45, 2.75) is 38.2 Å². The van der Waals surface area contributed by atoms with Gasteiger partial charge in [-0.1, -0.05) is 0 Å². The van der Waals surface area contributed by atoms with Crippen molar-refractivity contribution < 1.29 is 5.11 Å². The predicted octanol–water partition coefficient (Wildman–Crippen LogP) is 1.08. The van der Waals surface area contributed by atoms with E-state index in [-0.39, 0.29) is 11.5 Å². The number of piperidine rings is 1. The van der Waals surface area contributed by atoms with Gasteiger partial charge in [0, 0.05) is 24.4 Å². The second-order valence-electron chi connectivity index (χ2n) is 6.61. The van der Waals surface area contributed by atoms with Crippen LogP contribution in [-0.4, -0.2) is 49.3 Å². The van der Waals surface area contributed by atoms with Gasteiger partial charge in [-0.15, -0.1) is 0 Å². The minimum atomic E-state index is -0.0261. The first-order valence-corrected chi connectivity index (χ1v) is 7.29. The number of aliphatic hydroxyl groups is 1. The Morgan fingerprint density at radius 2 is 2.06 bits per heavy atom. The van der Waals surface area contributed by atoms with Gasteiger partial charge in [-0.25, -0.2) is 0 Å². The van der Waals surface area contributed by atoms with E-state index < -0.39 is 0 Å². The van der Waals surface area contributed by atoms with E-state index in [0.717, 1.165) is 25.6 Å². The summed E-state index contributed by atoms with van der Waals surface area (Å²) in [5.41, 5.74) is 0.289. The zero-order valence-electron chi connectivity index (χ0n) is 11.0. The van der Waals surface area contributed by atoms with Crippen molar-refractivity contribution in [3.05, 3.63) is 0 Å². The number of aliphatic hydroxyl groups excluding tert-OH is 1. The highest BCUT2D eigenvalue weighted by Crippen LogP contribution is 2.54. The summed E-state index contributed by atoms with van der Waals surface area (Å²) in [7, 11) is 2.23. The van der Waals surface area contributed by atoms with Crippen LogP contribution in [-0.2, 0) is 0 Å². The first kappa shape index (κ1) is 11.9. The van der Waals surface area contributed by atoms with Crippen molar-refractivity contribution in [1.29, 1.82) is 0 Å². The zero-order valence-corrected chi connectivity index (χ0v) is 11.0. The molecule has 0 bridgehead atoms. The third kappa shape index (κ3) is 2.25. The maximum absolute atomic E-state index is 10.7. The fourth-order valence-electron chi connectivity index (χ4n) is 4.11. The minimum Gasteiger partial charge on any atom is -0.392 e. The highest BCUT2D eigenvalue weighted by Gasteiger charge is 2.55. The fraction of sp³-hybridized carbons (Fsp3) is 1.00. The first-order valence-electron chi connectivity index (χ1n) is 7.29. The average molecular weight is 238 g/mol. The van der Waals surface area contributed by atoms with Crippen LogP contribution in [0.5, 0.6) is 0 Å². The lowest BCUT2D eigenvalue weighted by Gasteiger charge is -2.44. The molecule has 0 aromatic heterocycles. The van der Waals surface area contributed by atoms with Crippen molar-refractivity contribution in [1.82, 2.24) is 10.2 Å². The smallest absolute Gasteiger partial charge is 0.0651 e. The van der Waals surface area contributed by atoms with Gasteiger partial charge in [0.25, 0.3) is 0 Å². The summed E-state index contributed by atoms with van der Waals surface area (Å²) >= 11 is 0. The Morgan fingerprint density at radius 1 is 1.24 bits per heavy atom. The SMILES string of the molecule is CN1CC(C2CCCNCC2)C(O)C2(CC2)C1. The Morgan fingerprint density at radius 3 is 2.82 bits per heavy atom. The maximum atomic E-state index is 10.7. The molecule has 0 amide bonds. The van der Waals surface area contributed by atoms with Crippen molar-refractivity contribution >= 4 is 0 Å².